The van der Waals surface area contributed by atoms with Gasteiger partial charge in [-0.05, 0) is 0 Å². The SMILES string of the molecule is O=C(O)CO.S.[CaH2]. The molecular weight excluding hydrogens is 144 g/mol. The first kappa shape index (κ1) is 15.7. The van der Waals surface area contributed by atoms with Crippen molar-refractivity contribution < 1.29 is 15.0 Å². The first-order valence-electron chi connectivity index (χ1n) is 1.10. The Morgan fingerprint density at radius 3 is 1.71 bits per heavy atom. The second-order valence-corrected chi connectivity index (χ2v) is 0.552. The van der Waals surface area contributed by atoms with E-state index in [1.54, 1.807) is 0 Å². The van der Waals surface area contributed by atoms with Crippen LogP contribution in [0.4, 0.5) is 0 Å². The van der Waals surface area contributed by atoms with Crippen LogP contribution in [0.15, 0.2) is 0 Å². The zero-order chi connectivity index (χ0) is 4.28. The summed E-state index contributed by atoms with van der Waals surface area (Å²) in [7, 11) is 0. The molecule has 2 N–H and O–H groups in total. The third-order valence-corrected chi connectivity index (χ3v) is 0.135. The van der Waals surface area contributed by atoms with Gasteiger partial charge in [-0.3, -0.25) is 0 Å². The number of rotatable bonds is 1. The van der Waals surface area contributed by atoms with E-state index >= 15 is 0 Å². The maximum absolute atomic E-state index is 9.12. The molecule has 0 heterocycles. The van der Waals surface area contributed by atoms with Crippen LogP contribution in [0.2, 0.25) is 0 Å². The van der Waals surface area contributed by atoms with Gasteiger partial charge in [0.2, 0.25) is 0 Å². The summed E-state index contributed by atoms with van der Waals surface area (Å²) in [4.78, 5) is 9.12. The van der Waals surface area contributed by atoms with Crippen LogP contribution in [-0.4, -0.2) is 60.5 Å². The van der Waals surface area contributed by atoms with E-state index in [1.807, 2.05) is 0 Å². The minimum absolute atomic E-state index is 0. The van der Waals surface area contributed by atoms with E-state index in [4.69, 9.17) is 15.0 Å². The molecule has 0 aromatic carbocycles. The fraction of sp³-hybridized carbons (Fsp3) is 0.500. The van der Waals surface area contributed by atoms with Crippen molar-refractivity contribution in [3.8, 4) is 0 Å². The fourth-order valence-electron chi connectivity index (χ4n) is 0. The van der Waals surface area contributed by atoms with Crippen LogP contribution >= 0.6 is 13.5 Å². The minimum atomic E-state index is -1.19. The van der Waals surface area contributed by atoms with E-state index in [-0.39, 0.29) is 51.2 Å². The van der Waals surface area contributed by atoms with Gasteiger partial charge in [-0.2, -0.15) is 13.5 Å². The van der Waals surface area contributed by atoms with Crippen molar-refractivity contribution in [1.29, 1.82) is 0 Å². The van der Waals surface area contributed by atoms with Gasteiger partial charge in [0.25, 0.3) is 0 Å². The molecular formula is C2H8CaO3S. The second kappa shape index (κ2) is 10.1. The number of aliphatic hydroxyl groups is 1. The standard InChI is InChI=1S/C2H4O3.Ca.H2S.2H/c3-1-2(4)5;;;;/h3H,1H2,(H,4,5);;1H2;;. The third-order valence-electron chi connectivity index (χ3n) is 0.135. The predicted molar refractivity (Wildman–Crippen MR) is 33.6 cm³/mol. The Bertz CT molecular complexity index is 48.2. The van der Waals surface area contributed by atoms with E-state index in [0.29, 0.717) is 0 Å². The van der Waals surface area contributed by atoms with Crippen LogP contribution in [0.25, 0.3) is 0 Å². The number of carbonyl (C=O) groups is 1. The van der Waals surface area contributed by atoms with Gasteiger partial charge in [-0.1, -0.05) is 0 Å². The summed E-state index contributed by atoms with van der Waals surface area (Å²) in [5.74, 6) is -1.19. The van der Waals surface area contributed by atoms with Crippen molar-refractivity contribution in [2.24, 2.45) is 0 Å². The number of hydrogen-bond donors (Lipinski definition) is 2. The Kier molecular flexibility index (Phi) is 22.7. The first-order chi connectivity index (χ1) is 2.27. The molecule has 0 unspecified atom stereocenters. The molecule has 0 aliphatic rings. The average Bonchev–Trinajstić information content (AvgIpc) is 1.38. The zero-order valence-electron chi connectivity index (χ0n) is 3.01. The molecule has 0 saturated carbocycles. The molecule has 0 aromatic heterocycles. The summed E-state index contributed by atoms with van der Waals surface area (Å²) in [6.45, 7) is -0.778. The normalized spacial score (nSPS) is 5.29. The van der Waals surface area contributed by atoms with E-state index < -0.39 is 12.6 Å². The van der Waals surface area contributed by atoms with Crippen molar-refractivity contribution >= 4 is 57.2 Å². The van der Waals surface area contributed by atoms with Crippen molar-refractivity contribution in [1.82, 2.24) is 0 Å². The Morgan fingerprint density at radius 1 is 1.57 bits per heavy atom. The summed E-state index contributed by atoms with van der Waals surface area (Å²) in [5.41, 5.74) is 0. The molecule has 0 saturated heterocycles. The molecule has 0 amide bonds. The Labute approximate surface area is 78.2 Å². The quantitative estimate of drug-likeness (QED) is 0.439. The molecule has 5 heteroatoms. The van der Waals surface area contributed by atoms with Gasteiger partial charge in [0.1, 0.15) is 6.61 Å². The van der Waals surface area contributed by atoms with E-state index in [0.717, 1.165) is 0 Å². The second-order valence-electron chi connectivity index (χ2n) is 0.552. The van der Waals surface area contributed by atoms with Crippen LogP contribution in [0.1, 0.15) is 0 Å². The van der Waals surface area contributed by atoms with Gasteiger partial charge in [-0.15, -0.1) is 0 Å². The van der Waals surface area contributed by atoms with Gasteiger partial charge in [0.15, 0.2) is 0 Å². The van der Waals surface area contributed by atoms with Crippen LogP contribution in [0.5, 0.6) is 0 Å². The predicted octanol–water partition coefficient (Wildman–Crippen LogP) is -1.74. The molecule has 0 radical (unpaired) electrons. The molecule has 42 valence electrons. The monoisotopic (exact) mass is 152 g/mol. The van der Waals surface area contributed by atoms with E-state index in [9.17, 15) is 0 Å². The van der Waals surface area contributed by atoms with Crippen LogP contribution in [0, 0.1) is 0 Å². The van der Waals surface area contributed by atoms with Gasteiger partial charge >= 0.3 is 43.7 Å². The molecule has 0 bridgehead atoms. The van der Waals surface area contributed by atoms with Crippen LogP contribution in [-0.2, 0) is 4.79 Å². The van der Waals surface area contributed by atoms with Gasteiger partial charge in [0, 0.05) is 0 Å². The number of carboxylic acids is 1. The van der Waals surface area contributed by atoms with Crippen molar-refractivity contribution in [3.05, 3.63) is 0 Å². The summed E-state index contributed by atoms with van der Waals surface area (Å²) < 4.78 is 0. The van der Waals surface area contributed by atoms with Crippen LogP contribution in [0.3, 0.4) is 0 Å². The zero-order valence-corrected chi connectivity index (χ0v) is 4.01. The molecule has 0 spiro atoms. The molecule has 0 aliphatic carbocycles. The first-order valence-corrected chi connectivity index (χ1v) is 1.10. The Morgan fingerprint density at radius 2 is 1.71 bits per heavy atom. The molecule has 0 atom stereocenters. The summed E-state index contributed by atoms with van der Waals surface area (Å²) >= 11 is 0. The molecule has 0 aliphatic heterocycles. The molecule has 0 fully saturated rings. The van der Waals surface area contributed by atoms with Crippen molar-refractivity contribution in [2.75, 3.05) is 6.61 Å². The number of carboxylic acid groups (broad SMARTS) is 1. The molecule has 0 rings (SSSR count). The summed E-state index contributed by atoms with van der Waals surface area (Å²) in [6, 6.07) is 0. The number of aliphatic hydroxyl groups excluding tert-OH is 1. The maximum atomic E-state index is 9.12. The topological polar surface area (TPSA) is 57.5 Å². The third kappa shape index (κ3) is 19.4. The van der Waals surface area contributed by atoms with Crippen molar-refractivity contribution in [2.45, 2.75) is 0 Å². The van der Waals surface area contributed by atoms with E-state index in [1.165, 1.54) is 0 Å². The van der Waals surface area contributed by atoms with Gasteiger partial charge < -0.3 is 10.2 Å². The number of hydrogen-bond acceptors (Lipinski definition) is 2. The Hall–Kier alpha value is 1.04. The Balaban J connectivity index is -0.0000000800. The molecule has 0 aromatic rings. The fourth-order valence-corrected chi connectivity index (χ4v) is 0. The van der Waals surface area contributed by atoms with E-state index in [2.05, 4.69) is 0 Å². The number of aliphatic carboxylic acids is 1. The van der Waals surface area contributed by atoms with Gasteiger partial charge in [-0.25, -0.2) is 4.79 Å². The molecule has 7 heavy (non-hydrogen) atoms. The molecule has 3 nitrogen and oxygen atoms in total. The van der Waals surface area contributed by atoms with Crippen LogP contribution < -0.4 is 0 Å². The van der Waals surface area contributed by atoms with Gasteiger partial charge in [0.05, 0.1) is 0 Å². The average molecular weight is 152 g/mol. The summed E-state index contributed by atoms with van der Waals surface area (Å²) in [6.07, 6.45) is 0. The summed E-state index contributed by atoms with van der Waals surface area (Å²) in [5, 5.41) is 15.0. The van der Waals surface area contributed by atoms with Crippen molar-refractivity contribution in [3.63, 3.8) is 0 Å².